The summed E-state index contributed by atoms with van der Waals surface area (Å²) >= 11 is 1.65. The summed E-state index contributed by atoms with van der Waals surface area (Å²) in [6, 6.07) is 7.40. The zero-order valence-electron chi connectivity index (χ0n) is 16.5. The van der Waals surface area contributed by atoms with Crippen LogP contribution >= 0.6 is 11.3 Å². The molecule has 0 bridgehead atoms. The molecule has 4 aromatic rings. The lowest BCUT2D eigenvalue weighted by molar-refractivity contribution is 0.0786. The lowest BCUT2D eigenvalue weighted by Crippen LogP contribution is -2.29. The van der Waals surface area contributed by atoms with Gasteiger partial charge in [-0.25, -0.2) is 4.98 Å². The number of rotatable bonds is 7. The van der Waals surface area contributed by atoms with Crippen LogP contribution in [0.15, 0.2) is 41.2 Å². The molecule has 0 saturated carbocycles. The van der Waals surface area contributed by atoms with Crippen molar-refractivity contribution in [3.63, 3.8) is 0 Å². The monoisotopic (exact) mass is 411 g/mol. The maximum absolute atomic E-state index is 12.5. The van der Waals surface area contributed by atoms with Crippen LogP contribution in [0, 0.1) is 6.92 Å². The van der Waals surface area contributed by atoms with Crippen molar-refractivity contribution >= 4 is 27.5 Å². The molecule has 9 heteroatoms. The Morgan fingerprint density at radius 3 is 3.00 bits per heavy atom. The summed E-state index contributed by atoms with van der Waals surface area (Å²) in [6.07, 6.45) is 4.46. The van der Waals surface area contributed by atoms with E-state index in [2.05, 4.69) is 15.2 Å². The molecule has 0 aliphatic rings. The van der Waals surface area contributed by atoms with Crippen molar-refractivity contribution in [2.45, 2.75) is 20.0 Å². The normalized spacial score (nSPS) is 11.1. The van der Waals surface area contributed by atoms with E-state index in [1.165, 1.54) is 0 Å². The van der Waals surface area contributed by atoms with Crippen molar-refractivity contribution in [1.82, 2.24) is 24.8 Å². The van der Waals surface area contributed by atoms with Gasteiger partial charge < -0.3 is 14.2 Å². The Balaban J connectivity index is 1.33. The minimum atomic E-state index is -0.191. The zero-order valence-corrected chi connectivity index (χ0v) is 17.3. The van der Waals surface area contributed by atoms with Crippen LogP contribution in [0.2, 0.25) is 0 Å². The highest BCUT2D eigenvalue weighted by atomic mass is 32.1. The molecule has 0 aliphatic carbocycles. The van der Waals surface area contributed by atoms with Crippen molar-refractivity contribution in [2.24, 2.45) is 7.05 Å². The Bertz CT molecular complexity index is 1150. The third-order valence-corrected chi connectivity index (χ3v) is 5.42. The molecule has 3 aromatic heterocycles. The van der Waals surface area contributed by atoms with Gasteiger partial charge >= 0.3 is 0 Å². The van der Waals surface area contributed by atoms with Crippen LogP contribution < -0.4 is 4.74 Å². The van der Waals surface area contributed by atoms with Gasteiger partial charge in [0.2, 0.25) is 0 Å². The van der Waals surface area contributed by atoms with E-state index < -0.39 is 0 Å². The number of hydrogen-bond acceptors (Lipinski definition) is 7. The van der Waals surface area contributed by atoms with E-state index in [9.17, 15) is 4.79 Å². The third kappa shape index (κ3) is 4.45. The molecule has 8 nitrogen and oxygen atoms in total. The summed E-state index contributed by atoms with van der Waals surface area (Å²) in [4.78, 5) is 18.6. The Labute approximate surface area is 171 Å². The second kappa shape index (κ2) is 8.04. The molecule has 3 heterocycles. The average Bonchev–Trinajstić information content (AvgIpc) is 3.42. The van der Waals surface area contributed by atoms with Crippen LogP contribution in [0.5, 0.6) is 5.75 Å². The Morgan fingerprint density at radius 1 is 1.34 bits per heavy atom. The van der Waals surface area contributed by atoms with Gasteiger partial charge in [-0.3, -0.25) is 9.48 Å². The van der Waals surface area contributed by atoms with Gasteiger partial charge in [0.15, 0.2) is 11.5 Å². The van der Waals surface area contributed by atoms with Crippen molar-refractivity contribution < 1.29 is 14.1 Å². The maximum atomic E-state index is 12.5. The van der Waals surface area contributed by atoms with E-state index in [-0.39, 0.29) is 18.2 Å². The molecule has 150 valence electrons. The highest BCUT2D eigenvalue weighted by molar-refractivity contribution is 7.18. The Kier molecular flexibility index (Phi) is 5.30. The van der Waals surface area contributed by atoms with Crippen LogP contribution in [0.4, 0.5) is 0 Å². The Hall–Kier alpha value is -3.20. The Morgan fingerprint density at radius 2 is 2.21 bits per heavy atom. The largest absolute Gasteiger partial charge is 0.485 e. The first-order chi connectivity index (χ1) is 14.0. The lowest BCUT2D eigenvalue weighted by Gasteiger charge is -2.14. The summed E-state index contributed by atoms with van der Waals surface area (Å²) < 4.78 is 13.9. The second-order valence-corrected chi connectivity index (χ2v) is 8.06. The standard InChI is InChI=1S/C20H21N5O3S/c1-13-22-17-8-15(4-5-19(17)29-13)27-12-16-9-18(23-28-16)20(26)24(2)7-6-14-10-21-25(3)11-14/h4-5,8-11H,6-7,12H2,1-3H3. The molecule has 0 atom stereocenters. The molecule has 0 spiro atoms. The number of ether oxygens (including phenoxy) is 1. The predicted octanol–water partition coefficient (Wildman–Crippen LogP) is 3.22. The van der Waals surface area contributed by atoms with Crippen LogP contribution in [0.3, 0.4) is 0 Å². The molecule has 0 saturated heterocycles. The van der Waals surface area contributed by atoms with Crippen LogP contribution in [-0.2, 0) is 20.1 Å². The number of carbonyl (C=O) groups excluding carboxylic acids is 1. The molecule has 0 unspecified atom stereocenters. The number of carbonyl (C=O) groups is 1. The highest BCUT2D eigenvalue weighted by Crippen LogP contribution is 2.26. The number of aromatic nitrogens is 4. The number of fused-ring (bicyclic) bond motifs is 1. The quantitative estimate of drug-likeness (QED) is 0.464. The molecule has 1 amide bonds. The molecule has 4 rings (SSSR count). The number of nitrogens with zero attached hydrogens (tertiary/aromatic N) is 5. The fourth-order valence-corrected chi connectivity index (χ4v) is 3.75. The van der Waals surface area contributed by atoms with E-state index in [0.717, 1.165) is 27.2 Å². The van der Waals surface area contributed by atoms with E-state index in [1.54, 1.807) is 40.2 Å². The van der Waals surface area contributed by atoms with E-state index >= 15 is 0 Å². The predicted molar refractivity (Wildman–Crippen MR) is 109 cm³/mol. The molecule has 1 aromatic carbocycles. The summed E-state index contributed by atoms with van der Waals surface area (Å²) in [7, 11) is 3.61. The topological polar surface area (TPSA) is 86.3 Å². The summed E-state index contributed by atoms with van der Waals surface area (Å²) in [5.74, 6) is 0.993. The molecular formula is C20H21N5O3S. The van der Waals surface area contributed by atoms with Crippen LogP contribution in [0.1, 0.15) is 26.8 Å². The van der Waals surface area contributed by atoms with Crippen molar-refractivity contribution in [1.29, 1.82) is 0 Å². The third-order valence-electron chi connectivity index (χ3n) is 4.47. The number of likely N-dealkylation sites (N-methyl/N-ethyl adjacent to an activating group) is 1. The van der Waals surface area contributed by atoms with Crippen molar-refractivity contribution in [3.8, 4) is 5.75 Å². The first-order valence-electron chi connectivity index (χ1n) is 9.16. The zero-order chi connectivity index (χ0) is 20.4. The molecule has 0 aliphatic heterocycles. The highest BCUT2D eigenvalue weighted by Gasteiger charge is 2.17. The van der Waals surface area contributed by atoms with Crippen LogP contribution in [-0.4, -0.2) is 44.3 Å². The van der Waals surface area contributed by atoms with Gasteiger partial charge in [0, 0.05) is 39.0 Å². The van der Waals surface area contributed by atoms with Gasteiger partial charge in [-0.1, -0.05) is 5.16 Å². The summed E-state index contributed by atoms with van der Waals surface area (Å²) in [6.45, 7) is 2.73. The second-order valence-electron chi connectivity index (χ2n) is 6.83. The number of amides is 1. The molecule has 29 heavy (non-hydrogen) atoms. The van der Waals surface area contributed by atoms with Crippen LogP contribution in [0.25, 0.3) is 10.2 Å². The summed E-state index contributed by atoms with van der Waals surface area (Å²) in [5, 5.41) is 9.04. The molecule has 0 N–H and O–H groups in total. The van der Waals surface area contributed by atoms with Crippen molar-refractivity contribution in [3.05, 3.63) is 58.7 Å². The smallest absolute Gasteiger partial charge is 0.275 e. The van der Waals surface area contributed by atoms with Gasteiger partial charge in [-0.15, -0.1) is 11.3 Å². The van der Waals surface area contributed by atoms with E-state index in [0.29, 0.717) is 18.1 Å². The molecular weight excluding hydrogens is 390 g/mol. The SMILES string of the molecule is Cc1nc2cc(OCc3cc(C(=O)N(C)CCc4cnn(C)c4)no3)ccc2s1. The van der Waals surface area contributed by atoms with Gasteiger partial charge in [0.05, 0.1) is 21.4 Å². The van der Waals surface area contributed by atoms with Gasteiger partial charge in [0.1, 0.15) is 12.4 Å². The maximum Gasteiger partial charge on any atom is 0.275 e. The first-order valence-corrected chi connectivity index (χ1v) is 9.98. The van der Waals surface area contributed by atoms with E-state index in [1.807, 2.05) is 38.4 Å². The van der Waals surface area contributed by atoms with Gasteiger partial charge in [-0.05, 0) is 31.0 Å². The minimum absolute atomic E-state index is 0.189. The van der Waals surface area contributed by atoms with Gasteiger partial charge in [0.25, 0.3) is 5.91 Å². The lowest BCUT2D eigenvalue weighted by atomic mass is 10.2. The number of benzene rings is 1. The fourth-order valence-electron chi connectivity index (χ4n) is 2.94. The average molecular weight is 411 g/mol. The number of thiazole rings is 1. The number of aryl methyl sites for hydroxylation is 2. The first kappa shape index (κ1) is 19.1. The molecule has 0 radical (unpaired) electrons. The van der Waals surface area contributed by atoms with Gasteiger partial charge in [-0.2, -0.15) is 5.10 Å². The van der Waals surface area contributed by atoms with E-state index in [4.69, 9.17) is 9.26 Å². The fraction of sp³-hybridized carbons (Fsp3) is 0.300. The molecule has 0 fully saturated rings. The summed E-state index contributed by atoms with van der Waals surface area (Å²) in [5.41, 5.74) is 2.25. The van der Waals surface area contributed by atoms with Crippen molar-refractivity contribution in [2.75, 3.05) is 13.6 Å². The number of hydrogen-bond donors (Lipinski definition) is 0. The minimum Gasteiger partial charge on any atom is -0.485 e.